The fourth-order valence-corrected chi connectivity index (χ4v) is 6.50. The van der Waals surface area contributed by atoms with Gasteiger partial charge in [-0.2, -0.15) is 0 Å². The Labute approximate surface area is 369 Å². The van der Waals surface area contributed by atoms with E-state index in [1.807, 2.05) is 0 Å². The molecular weight excluding hydrogens is 745 g/mol. The van der Waals surface area contributed by atoms with Gasteiger partial charge in [-0.3, -0.25) is 14.4 Å². The van der Waals surface area contributed by atoms with Gasteiger partial charge in [0.25, 0.3) is 0 Å². The smallest absolute Gasteiger partial charge is 0.306 e. The van der Waals surface area contributed by atoms with Crippen LogP contribution in [-0.4, -0.2) is 37.2 Å². The van der Waals surface area contributed by atoms with Crippen molar-refractivity contribution in [2.24, 2.45) is 0 Å². The van der Waals surface area contributed by atoms with Crippen molar-refractivity contribution in [3.8, 4) is 0 Å². The van der Waals surface area contributed by atoms with Crippen molar-refractivity contribution < 1.29 is 28.6 Å². The number of carbonyl (C=O) groups excluding carboxylic acids is 3. The highest BCUT2D eigenvalue weighted by atomic mass is 16.6. The lowest BCUT2D eigenvalue weighted by atomic mass is 10.1. The maximum atomic E-state index is 12.8. The molecule has 0 bridgehead atoms. The Bertz CT molecular complexity index is 1190. The molecular formula is C54H90O6. The predicted octanol–water partition coefficient (Wildman–Crippen LogP) is 16.0. The lowest BCUT2D eigenvalue weighted by Gasteiger charge is -2.18. The molecule has 0 aliphatic carbocycles. The van der Waals surface area contributed by atoms with E-state index >= 15 is 0 Å². The summed E-state index contributed by atoms with van der Waals surface area (Å²) in [7, 11) is 0. The van der Waals surface area contributed by atoms with E-state index in [9.17, 15) is 14.4 Å². The van der Waals surface area contributed by atoms with Crippen LogP contribution in [0.2, 0.25) is 0 Å². The summed E-state index contributed by atoms with van der Waals surface area (Å²) in [6, 6.07) is 0. The summed E-state index contributed by atoms with van der Waals surface area (Å²) < 4.78 is 16.7. The second-order valence-corrected chi connectivity index (χ2v) is 16.0. The lowest BCUT2D eigenvalue weighted by molar-refractivity contribution is -0.167. The van der Waals surface area contributed by atoms with Crippen LogP contribution in [0.3, 0.4) is 0 Å². The monoisotopic (exact) mass is 835 g/mol. The van der Waals surface area contributed by atoms with Crippen molar-refractivity contribution >= 4 is 17.9 Å². The molecule has 60 heavy (non-hydrogen) atoms. The molecule has 1 unspecified atom stereocenters. The Balaban J connectivity index is 4.45. The van der Waals surface area contributed by atoms with E-state index in [1.54, 1.807) is 0 Å². The van der Waals surface area contributed by atoms with Gasteiger partial charge in [-0.1, -0.05) is 196 Å². The second-order valence-electron chi connectivity index (χ2n) is 16.0. The first-order valence-corrected chi connectivity index (χ1v) is 24.6. The van der Waals surface area contributed by atoms with Gasteiger partial charge < -0.3 is 14.2 Å². The third-order valence-electron chi connectivity index (χ3n) is 10.1. The van der Waals surface area contributed by atoms with E-state index in [2.05, 4.69) is 106 Å². The van der Waals surface area contributed by atoms with E-state index in [0.29, 0.717) is 19.3 Å². The van der Waals surface area contributed by atoms with Gasteiger partial charge in [-0.25, -0.2) is 0 Å². The van der Waals surface area contributed by atoms with Gasteiger partial charge in [0, 0.05) is 19.3 Å². The number of carbonyl (C=O) groups is 3. The number of allylic oxidation sites excluding steroid dienone is 14. The molecule has 0 heterocycles. The Morgan fingerprint density at radius 1 is 0.350 bits per heavy atom. The Morgan fingerprint density at radius 3 is 1.03 bits per heavy atom. The SMILES string of the molecule is CC/C=C\C/C=C\C/C=C\C/C=C\CCCCCC(=O)OCC(COC(=O)CCCCCCCCCCCC)OC(=O)CCCCCCCC/C=C\C/C=C\C/C=C\CC. The molecule has 0 rings (SSSR count). The summed E-state index contributed by atoms with van der Waals surface area (Å²) in [6.45, 7) is 6.35. The molecule has 0 aromatic carbocycles. The van der Waals surface area contributed by atoms with Crippen LogP contribution in [0.25, 0.3) is 0 Å². The van der Waals surface area contributed by atoms with Gasteiger partial charge in [0.15, 0.2) is 6.10 Å². The average molecular weight is 835 g/mol. The van der Waals surface area contributed by atoms with Crippen molar-refractivity contribution in [3.05, 3.63) is 85.1 Å². The topological polar surface area (TPSA) is 78.9 Å². The minimum Gasteiger partial charge on any atom is -0.462 e. The lowest BCUT2D eigenvalue weighted by Crippen LogP contribution is -2.30. The van der Waals surface area contributed by atoms with Crippen molar-refractivity contribution in [3.63, 3.8) is 0 Å². The molecule has 342 valence electrons. The van der Waals surface area contributed by atoms with Gasteiger partial charge in [-0.05, 0) is 89.9 Å². The molecule has 1 atom stereocenters. The largest absolute Gasteiger partial charge is 0.462 e. The fraction of sp³-hybridized carbons (Fsp3) is 0.685. The van der Waals surface area contributed by atoms with Crippen LogP contribution in [0.15, 0.2) is 85.1 Å². The first-order valence-electron chi connectivity index (χ1n) is 24.6. The zero-order valence-corrected chi connectivity index (χ0v) is 38.9. The van der Waals surface area contributed by atoms with E-state index in [0.717, 1.165) is 122 Å². The highest BCUT2D eigenvalue weighted by Gasteiger charge is 2.19. The summed E-state index contributed by atoms with van der Waals surface area (Å²) in [5.41, 5.74) is 0. The summed E-state index contributed by atoms with van der Waals surface area (Å²) in [5, 5.41) is 0. The maximum Gasteiger partial charge on any atom is 0.306 e. The van der Waals surface area contributed by atoms with Crippen LogP contribution >= 0.6 is 0 Å². The molecule has 0 saturated carbocycles. The molecule has 0 aliphatic rings. The Kier molecular flexibility index (Phi) is 45.5. The molecule has 6 heteroatoms. The second kappa shape index (κ2) is 48.3. The van der Waals surface area contributed by atoms with Gasteiger partial charge in [0.1, 0.15) is 13.2 Å². The zero-order valence-electron chi connectivity index (χ0n) is 38.9. The molecule has 0 aromatic heterocycles. The molecule has 0 amide bonds. The highest BCUT2D eigenvalue weighted by molar-refractivity contribution is 5.71. The summed E-state index contributed by atoms with van der Waals surface area (Å²) in [6.07, 6.45) is 61.3. The van der Waals surface area contributed by atoms with Crippen LogP contribution in [0.1, 0.15) is 220 Å². The number of hydrogen-bond donors (Lipinski definition) is 0. The van der Waals surface area contributed by atoms with Gasteiger partial charge in [0.2, 0.25) is 0 Å². The quantitative estimate of drug-likeness (QED) is 0.0263. The Hall–Kier alpha value is -3.41. The summed E-state index contributed by atoms with van der Waals surface area (Å²) in [4.78, 5) is 37.9. The molecule has 0 N–H and O–H groups in total. The first kappa shape index (κ1) is 56.6. The molecule has 6 nitrogen and oxygen atoms in total. The number of ether oxygens (including phenoxy) is 3. The van der Waals surface area contributed by atoms with Gasteiger partial charge >= 0.3 is 17.9 Å². The number of unbranched alkanes of at least 4 members (excludes halogenated alkanes) is 18. The standard InChI is InChI=1S/C54H90O6/c1-4-7-10-13-16-19-22-24-26-28-30-32-35-38-41-44-47-53(56)59-50-51(49-58-52(55)46-43-40-37-34-21-18-15-12-9-6-3)60-54(57)48-45-42-39-36-33-31-29-27-25-23-20-17-14-11-8-5-2/h7-8,10-11,16-17,19-20,24-27,30,32,51H,4-6,9,12-15,18,21-23,28-29,31,33-50H2,1-3H3/b10-7-,11-8-,19-16-,20-17-,26-24-,27-25-,32-30-. The van der Waals surface area contributed by atoms with Gasteiger partial charge in [-0.15, -0.1) is 0 Å². The van der Waals surface area contributed by atoms with E-state index in [1.165, 1.54) is 57.8 Å². The van der Waals surface area contributed by atoms with E-state index in [4.69, 9.17) is 14.2 Å². The normalized spacial score (nSPS) is 12.8. The van der Waals surface area contributed by atoms with E-state index in [-0.39, 0.29) is 31.1 Å². The van der Waals surface area contributed by atoms with Gasteiger partial charge in [0.05, 0.1) is 0 Å². The third kappa shape index (κ3) is 45.7. The average Bonchev–Trinajstić information content (AvgIpc) is 3.24. The number of rotatable bonds is 43. The van der Waals surface area contributed by atoms with Crippen LogP contribution < -0.4 is 0 Å². The van der Waals surface area contributed by atoms with Crippen LogP contribution in [0.4, 0.5) is 0 Å². The predicted molar refractivity (Wildman–Crippen MR) is 256 cm³/mol. The number of esters is 3. The maximum absolute atomic E-state index is 12.8. The third-order valence-corrected chi connectivity index (χ3v) is 10.1. The summed E-state index contributed by atoms with van der Waals surface area (Å²) in [5.74, 6) is -0.942. The minimum absolute atomic E-state index is 0.0917. The minimum atomic E-state index is -0.794. The molecule has 0 aliphatic heterocycles. The molecule has 0 saturated heterocycles. The zero-order chi connectivity index (χ0) is 43.7. The van der Waals surface area contributed by atoms with Crippen molar-refractivity contribution in [2.45, 2.75) is 226 Å². The Morgan fingerprint density at radius 2 is 0.650 bits per heavy atom. The molecule has 0 fully saturated rings. The molecule has 0 radical (unpaired) electrons. The van der Waals surface area contributed by atoms with Crippen molar-refractivity contribution in [1.29, 1.82) is 0 Å². The molecule has 0 spiro atoms. The first-order chi connectivity index (χ1) is 29.5. The van der Waals surface area contributed by atoms with E-state index < -0.39 is 6.10 Å². The van der Waals surface area contributed by atoms with Crippen molar-refractivity contribution in [2.75, 3.05) is 13.2 Å². The van der Waals surface area contributed by atoms with Crippen molar-refractivity contribution in [1.82, 2.24) is 0 Å². The number of hydrogen-bond acceptors (Lipinski definition) is 6. The van der Waals surface area contributed by atoms with Crippen LogP contribution in [-0.2, 0) is 28.6 Å². The van der Waals surface area contributed by atoms with Crippen LogP contribution in [0.5, 0.6) is 0 Å². The fourth-order valence-electron chi connectivity index (χ4n) is 6.50. The summed E-state index contributed by atoms with van der Waals surface area (Å²) >= 11 is 0. The highest BCUT2D eigenvalue weighted by Crippen LogP contribution is 2.14. The van der Waals surface area contributed by atoms with Crippen LogP contribution in [0, 0.1) is 0 Å². The molecule has 0 aromatic rings.